The zero-order valence-corrected chi connectivity index (χ0v) is 14.6. The van der Waals surface area contributed by atoms with E-state index >= 15 is 0 Å². The van der Waals surface area contributed by atoms with Crippen molar-refractivity contribution in [3.63, 3.8) is 0 Å². The first-order valence-corrected chi connectivity index (χ1v) is 8.31. The monoisotopic (exact) mass is 349 g/mol. The highest BCUT2D eigenvalue weighted by Gasteiger charge is 2.26. The molecule has 1 aliphatic rings. The van der Waals surface area contributed by atoms with E-state index in [1.54, 1.807) is 18.0 Å². The van der Waals surface area contributed by atoms with Crippen LogP contribution in [0.1, 0.15) is 23.7 Å². The van der Waals surface area contributed by atoms with Crippen LogP contribution < -0.4 is 0 Å². The molecule has 9 nitrogen and oxygen atoms in total. The standard InChI is InChI=1S/C16H23N5O4/c1-20-9-12(8-17-20)3-4-16(22)21-5-6-24-13(10-21)7-15-18-14(11-23-2)19-25-15/h8-9,13H,3-7,10-11H2,1-2H3/t13-/m0/s1. The van der Waals surface area contributed by atoms with Crippen LogP contribution in [0.2, 0.25) is 0 Å². The van der Waals surface area contributed by atoms with Gasteiger partial charge in [0.25, 0.3) is 0 Å². The van der Waals surface area contributed by atoms with Crippen LogP contribution in [-0.2, 0) is 40.8 Å². The Bertz CT molecular complexity index is 698. The van der Waals surface area contributed by atoms with Crippen LogP contribution in [-0.4, -0.2) is 63.6 Å². The molecule has 1 amide bonds. The lowest BCUT2D eigenvalue weighted by molar-refractivity contribution is -0.138. The third-order valence-corrected chi connectivity index (χ3v) is 4.06. The van der Waals surface area contributed by atoms with E-state index < -0.39 is 0 Å². The molecule has 0 N–H and O–H groups in total. The van der Waals surface area contributed by atoms with Crippen LogP contribution >= 0.6 is 0 Å². The fourth-order valence-electron chi connectivity index (χ4n) is 2.84. The van der Waals surface area contributed by atoms with Gasteiger partial charge in [-0.05, 0) is 12.0 Å². The first-order valence-electron chi connectivity index (χ1n) is 8.31. The summed E-state index contributed by atoms with van der Waals surface area (Å²) in [6.45, 7) is 1.98. The highest BCUT2D eigenvalue weighted by molar-refractivity contribution is 5.76. The van der Waals surface area contributed by atoms with Crippen LogP contribution in [0.4, 0.5) is 0 Å². The second-order valence-electron chi connectivity index (χ2n) is 6.10. The Labute approximate surface area is 145 Å². The molecule has 0 aromatic carbocycles. The van der Waals surface area contributed by atoms with Crippen molar-refractivity contribution in [2.75, 3.05) is 26.8 Å². The van der Waals surface area contributed by atoms with Gasteiger partial charge in [-0.3, -0.25) is 9.48 Å². The average molecular weight is 349 g/mol. The van der Waals surface area contributed by atoms with Crippen molar-refractivity contribution >= 4 is 5.91 Å². The van der Waals surface area contributed by atoms with Crippen molar-refractivity contribution in [1.29, 1.82) is 0 Å². The molecule has 25 heavy (non-hydrogen) atoms. The minimum absolute atomic E-state index is 0.128. The van der Waals surface area contributed by atoms with E-state index in [9.17, 15) is 4.79 Å². The third kappa shape index (κ3) is 4.86. The first kappa shape index (κ1) is 17.6. The van der Waals surface area contributed by atoms with Gasteiger partial charge in [-0.1, -0.05) is 5.16 Å². The maximum atomic E-state index is 12.4. The third-order valence-electron chi connectivity index (χ3n) is 4.06. The number of morpholine rings is 1. The Kier molecular flexibility index (Phi) is 5.77. The van der Waals surface area contributed by atoms with Crippen molar-refractivity contribution in [2.45, 2.75) is 32.0 Å². The highest BCUT2D eigenvalue weighted by Crippen LogP contribution is 2.13. The van der Waals surface area contributed by atoms with Crippen molar-refractivity contribution in [2.24, 2.45) is 7.05 Å². The number of amides is 1. The number of carbonyl (C=O) groups excluding carboxylic acids is 1. The number of rotatable bonds is 7. The van der Waals surface area contributed by atoms with Gasteiger partial charge in [0.2, 0.25) is 11.8 Å². The van der Waals surface area contributed by atoms with E-state index in [2.05, 4.69) is 15.2 Å². The van der Waals surface area contributed by atoms with Gasteiger partial charge < -0.3 is 18.9 Å². The number of ether oxygens (including phenoxy) is 2. The van der Waals surface area contributed by atoms with Crippen LogP contribution in [0.3, 0.4) is 0 Å². The molecular weight excluding hydrogens is 326 g/mol. The van der Waals surface area contributed by atoms with Gasteiger partial charge >= 0.3 is 0 Å². The summed E-state index contributed by atoms with van der Waals surface area (Å²) in [6.07, 6.45) is 5.25. The van der Waals surface area contributed by atoms with Crippen molar-refractivity contribution < 1.29 is 18.8 Å². The maximum absolute atomic E-state index is 12.4. The molecule has 3 heterocycles. The molecule has 0 spiro atoms. The molecular formula is C16H23N5O4. The summed E-state index contributed by atoms with van der Waals surface area (Å²) in [6, 6.07) is 0. The molecule has 9 heteroatoms. The maximum Gasteiger partial charge on any atom is 0.229 e. The average Bonchev–Trinajstić information content (AvgIpc) is 3.22. The molecule has 136 valence electrons. The highest BCUT2D eigenvalue weighted by atomic mass is 16.5. The fourth-order valence-corrected chi connectivity index (χ4v) is 2.84. The summed E-state index contributed by atoms with van der Waals surface area (Å²) >= 11 is 0. The van der Waals surface area contributed by atoms with E-state index in [4.69, 9.17) is 14.0 Å². The van der Waals surface area contributed by atoms with Crippen LogP contribution in [0.15, 0.2) is 16.9 Å². The predicted octanol–water partition coefficient (Wildman–Crippen LogP) is 0.352. The number of aromatic nitrogens is 4. The summed E-state index contributed by atoms with van der Waals surface area (Å²) in [7, 11) is 3.45. The molecule has 3 rings (SSSR count). The van der Waals surface area contributed by atoms with E-state index in [1.807, 2.05) is 18.1 Å². The van der Waals surface area contributed by atoms with Gasteiger partial charge in [-0.25, -0.2) is 0 Å². The number of hydrogen-bond donors (Lipinski definition) is 0. The normalized spacial score (nSPS) is 17.8. The summed E-state index contributed by atoms with van der Waals surface area (Å²) in [5.74, 6) is 1.14. The molecule has 1 saturated heterocycles. The van der Waals surface area contributed by atoms with Crippen LogP contribution in [0.5, 0.6) is 0 Å². The number of aryl methyl sites for hydroxylation is 2. The van der Waals surface area contributed by atoms with Gasteiger partial charge in [-0.15, -0.1) is 0 Å². The number of methoxy groups -OCH3 is 1. The Balaban J connectivity index is 1.48. The van der Waals surface area contributed by atoms with E-state index in [1.165, 1.54) is 0 Å². The Hall–Kier alpha value is -2.26. The molecule has 0 saturated carbocycles. The summed E-state index contributed by atoms with van der Waals surface area (Å²) in [5, 5.41) is 7.96. The second-order valence-corrected chi connectivity index (χ2v) is 6.10. The minimum atomic E-state index is -0.132. The van der Waals surface area contributed by atoms with Crippen molar-refractivity contribution in [3.8, 4) is 0 Å². The summed E-state index contributed by atoms with van der Waals surface area (Å²) in [5.41, 5.74) is 1.07. The zero-order valence-electron chi connectivity index (χ0n) is 14.6. The van der Waals surface area contributed by atoms with E-state index in [0.717, 1.165) is 5.56 Å². The summed E-state index contributed by atoms with van der Waals surface area (Å²) in [4.78, 5) is 18.5. The smallest absolute Gasteiger partial charge is 0.229 e. The lowest BCUT2D eigenvalue weighted by Gasteiger charge is -2.32. The largest absolute Gasteiger partial charge is 0.377 e. The molecule has 2 aromatic heterocycles. The number of hydrogen-bond acceptors (Lipinski definition) is 7. The molecule has 0 aliphatic carbocycles. The van der Waals surface area contributed by atoms with Gasteiger partial charge in [0.05, 0.1) is 25.3 Å². The second kappa shape index (κ2) is 8.21. The minimum Gasteiger partial charge on any atom is -0.377 e. The molecule has 2 aromatic rings. The number of carbonyl (C=O) groups is 1. The van der Waals surface area contributed by atoms with E-state index in [-0.39, 0.29) is 12.0 Å². The quantitative estimate of drug-likeness (QED) is 0.712. The van der Waals surface area contributed by atoms with Gasteiger partial charge in [0.15, 0.2) is 5.82 Å². The van der Waals surface area contributed by atoms with Gasteiger partial charge in [0.1, 0.15) is 6.61 Å². The van der Waals surface area contributed by atoms with Crippen LogP contribution in [0.25, 0.3) is 0 Å². The molecule has 0 unspecified atom stereocenters. The molecule has 1 aliphatic heterocycles. The van der Waals surface area contributed by atoms with Crippen molar-refractivity contribution in [3.05, 3.63) is 29.7 Å². The van der Waals surface area contributed by atoms with Crippen LogP contribution in [0, 0.1) is 0 Å². The Morgan fingerprint density at radius 2 is 2.36 bits per heavy atom. The molecule has 1 fully saturated rings. The SMILES string of the molecule is COCc1noc(C[C@H]2CN(C(=O)CCc3cnn(C)c3)CCO2)n1. The lowest BCUT2D eigenvalue weighted by atomic mass is 10.1. The predicted molar refractivity (Wildman–Crippen MR) is 86.6 cm³/mol. The lowest BCUT2D eigenvalue weighted by Crippen LogP contribution is -2.46. The van der Waals surface area contributed by atoms with Gasteiger partial charge in [0, 0.05) is 39.9 Å². The van der Waals surface area contributed by atoms with Gasteiger partial charge in [-0.2, -0.15) is 10.1 Å². The fraction of sp³-hybridized carbons (Fsp3) is 0.625. The Morgan fingerprint density at radius 1 is 1.48 bits per heavy atom. The molecule has 0 radical (unpaired) electrons. The summed E-state index contributed by atoms with van der Waals surface area (Å²) < 4.78 is 17.6. The molecule has 0 bridgehead atoms. The number of nitrogens with zero attached hydrogens (tertiary/aromatic N) is 5. The Morgan fingerprint density at radius 3 is 3.12 bits per heavy atom. The van der Waals surface area contributed by atoms with Crippen molar-refractivity contribution in [1.82, 2.24) is 24.8 Å². The molecule has 1 atom stereocenters. The first-order chi connectivity index (χ1) is 12.1. The topological polar surface area (TPSA) is 95.5 Å². The van der Waals surface area contributed by atoms with E-state index in [0.29, 0.717) is 57.3 Å². The zero-order chi connectivity index (χ0) is 17.6.